The zero-order valence-corrected chi connectivity index (χ0v) is 12.7. The Hall–Kier alpha value is -1.57. The summed E-state index contributed by atoms with van der Waals surface area (Å²) in [7, 11) is -4.03. The smallest absolute Gasteiger partial charge is 0.352 e. The summed E-state index contributed by atoms with van der Waals surface area (Å²) in [4.78, 5) is 11.8. The maximum Gasteiger partial charge on any atom is 0.416 e. The average Bonchev–Trinajstić information content (AvgIpc) is 3.20. The number of carbonyl (C=O) groups is 1. The Bertz CT molecular complexity index is 666. The van der Waals surface area contributed by atoms with Gasteiger partial charge in [-0.2, -0.15) is 13.2 Å². The molecule has 8 heteroatoms. The fourth-order valence-electron chi connectivity index (χ4n) is 1.97. The second-order valence-electron chi connectivity index (χ2n) is 5.39. The zero-order valence-electron chi connectivity index (χ0n) is 11.9. The summed E-state index contributed by atoms with van der Waals surface area (Å²) >= 11 is 0. The van der Waals surface area contributed by atoms with Crippen molar-refractivity contribution in [3.63, 3.8) is 0 Å². The molecular formula is C14H16F3NO3S. The van der Waals surface area contributed by atoms with Crippen molar-refractivity contribution < 1.29 is 26.4 Å². The Balaban J connectivity index is 2.19. The molecule has 1 aliphatic rings. The first-order chi connectivity index (χ1) is 10.1. The summed E-state index contributed by atoms with van der Waals surface area (Å²) in [5.74, 6) is -1.48. The highest BCUT2D eigenvalue weighted by molar-refractivity contribution is 7.92. The molecule has 1 atom stereocenters. The standard InChI is InChI=1S/C14H16F3NO3S/c1-9(13(19)18-11-6-7-11)22(20,21)8-10-4-2-3-5-12(10)14(15,16)17/h2-5,9,11H,6-8H2,1H3,(H,18,19). The van der Waals surface area contributed by atoms with Crippen molar-refractivity contribution in [1.29, 1.82) is 0 Å². The topological polar surface area (TPSA) is 63.2 Å². The lowest BCUT2D eigenvalue weighted by Crippen LogP contribution is -2.39. The number of hydrogen-bond donors (Lipinski definition) is 1. The summed E-state index contributed by atoms with van der Waals surface area (Å²) in [6.07, 6.45) is -3.03. The molecule has 0 saturated heterocycles. The number of nitrogens with one attached hydrogen (secondary N) is 1. The molecule has 1 amide bonds. The molecule has 1 N–H and O–H groups in total. The molecule has 0 bridgehead atoms. The number of hydrogen-bond acceptors (Lipinski definition) is 3. The SMILES string of the molecule is CC(C(=O)NC1CC1)S(=O)(=O)Cc1ccccc1C(F)(F)F. The molecule has 1 aliphatic carbocycles. The van der Waals surface area contributed by atoms with E-state index in [1.165, 1.54) is 19.1 Å². The Morgan fingerprint density at radius 2 is 1.91 bits per heavy atom. The largest absolute Gasteiger partial charge is 0.416 e. The molecule has 0 radical (unpaired) electrons. The van der Waals surface area contributed by atoms with Gasteiger partial charge >= 0.3 is 6.18 Å². The van der Waals surface area contributed by atoms with E-state index < -0.39 is 38.5 Å². The van der Waals surface area contributed by atoms with Gasteiger partial charge in [-0.05, 0) is 31.4 Å². The first-order valence-electron chi connectivity index (χ1n) is 6.78. The molecule has 1 saturated carbocycles. The van der Waals surface area contributed by atoms with Crippen LogP contribution in [0, 0.1) is 0 Å². The van der Waals surface area contributed by atoms with Gasteiger partial charge in [0.2, 0.25) is 5.91 Å². The van der Waals surface area contributed by atoms with Crippen molar-refractivity contribution in [3.05, 3.63) is 35.4 Å². The molecule has 0 heterocycles. The highest BCUT2D eigenvalue weighted by Crippen LogP contribution is 2.33. The summed E-state index contributed by atoms with van der Waals surface area (Å²) < 4.78 is 63.1. The van der Waals surface area contributed by atoms with Crippen LogP contribution in [0.4, 0.5) is 13.2 Å². The minimum atomic E-state index is -4.63. The van der Waals surface area contributed by atoms with Gasteiger partial charge in [0.15, 0.2) is 9.84 Å². The molecule has 122 valence electrons. The van der Waals surface area contributed by atoms with Crippen molar-refractivity contribution in [2.24, 2.45) is 0 Å². The van der Waals surface area contributed by atoms with Crippen LogP contribution in [0.1, 0.15) is 30.9 Å². The third-order valence-electron chi connectivity index (χ3n) is 3.51. The Morgan fingerprint density at radius 1 is 1.32 bits per heavy atom. The normalized spacial score (nSPS) is 17.1. The zero-order chi connectivity index (χ0) is 16.5. The predicted molar refractivity (Wildman–Crippen MR) is 74.7 cm³/mol. The fourth-order valence-corrected chi connectivity index (χ4v) is 3.30. The quantitative estimate of drug-likeness (QED) is 0.898. The number of rotatable bonds is 5. The van der Waals surface area contributed by atoms with Gasteiger partial charge in [-0.25, -0.2) is 8.42 Å². The van der Waals surface area contributed by atoms with E-state index in [0.717, 1.165) is 25.0 Å². The van der Waals surface area contributed by atoms with E-state index in [1.54, 1.807) is 0 Å². The van der Waals surface area contributed by atoms with Crippen LogP contribution in [-0.2, 0) is 26.6 Å². The molecule has 2 rings (SSSR count). The van der Waals surface area contributed by atoms with E-state index in [4.69, 9.17) is 0 Å². The minimum absolute atomic E-state index is 0.00684. The van der Waals surface area contributed by atoms with Crippen molar-refractivity contribution in [3.8, 4) is 0 Å². The highest BCUT2D eigenvalue weighted by Gasteiger charge is 2.37. The van der Waals surface area contributed by atoms with Crippen LogP contribution in [0.2, 0.25) is 0 Å². The van der Waals surface area contributed by atoms with Gasteiger partial charge in [0.1, 0.15) is 5.25 Å². The van der Waals surface area contributed by atoms with Gasteiger partial charge in [0.05, 0.1) is 11.3 Å². The molecule has 4 nitrogen and oxygen atoms in total. The molecule has 0 aliphatic heterocycles. The minimum Gasteiger partial charge on any atom is -0.352 e. The van der Waals surface area contributed by atoms with Crippen LogP contribution in [0.5, 0.6) is 0 Å². The lowest BCUT2D eigenvalue weighted by Gasteiger charge is -2.16. The number of carbonyl (C=O) groups excluding carboxylic acids is 1. The predicted octanol–water partition coefficient (Wildman–Crippen LogP) is 2.29. The second kappa shape index (κ2) is 5.91. The maximum absolute atomic E-state index is 12.9. The number of halogens is 3. The van der Waals surface area contributed by atoms with Crippen LogP contribution in [-0.4, -0.2) is 25.6 Å². The van der Waals surface area contributed by atoms with Gasteiger partial charge < -0.3 is 5.32 Å². The average molecular weight is 335 g/mol. The van der Waals surface area contributed by atoms with Crippen molar-refractivity contribution in [2.75, 3.05) is 0 Å². The summed E-state index contributed by atoms with van der Waals surface area (Å²) in [6, 6.07) is 4.48. The fraction of sp³-hybridized carbons (Fsp3) is 0.500. The summed E-state index contributed by atoms with van der Waals surface area (Å²) in [5, 5.41) is 1.17. The molecule has 22 heavy (non-hydrogen) atoms. The third kappa shape index (κ3) is 4.00. The monoisotopic (exact) mass is 335 g/mol. The molecule has 0 spiro atoms. The molecule has 1 aromatic rings. The lowest BCUT2D eigenvalue weighted by atomic mass is 10.1. The van der Waals surface area contributed by atoms with Gasteiger partial charge in [-0.3, -0.25) is 4.79 Å². The Kier molecular flexibility index (Phi) is 4.51. The molecule has 0 aromatic heterocycles. The van der Waals surface area contributed by atoms with E-state index in [2.05, 4.69) is 5.32 Å². The first-order valence-corrected chi connectivity index (χ1v) is 8.50. The van der Waals surface area contributed by atoms with Gasteiger partial charge in [-0.15, -0.1) is 0 Å². The number of amides is 1. The number of sulfone groups is 1. The van der Waals surface area contributed by atoms with Crippen LogP contribution in [0.3, 0.4) is 0 Å². The molecule has 1 fully saturated rings. The van der Waals surface area contributed by atoms with Crippen molar-refractivity contribution in [1.82, 2.24) is 5.32 Å². The van der Waals surface area contributed by atoms with Crippen molar-refractivity contribution >= 4 is 15.7 Å². The van der Waals surface area contributed by atoms with Gasteiger partial charge in [0.25, 0.3) is 0 Å². The van der Waals surface area contributed by atoms with E-state index in [9.17, 15) is 26.4 Å². The van der Waals surface area contributed by atoms with E-state index >= 15 is 0 Å². The van der Waals surface area contributed by atoms with Gasteiger partial charge in [-0.1, -0.05) is 18.2 Å². The summed E-state index contributed by atoms with van der Waals surface area (Å²) in [5.41, 5.74) is -1.34. The molecular weight excluding hydrogens is 319 g/mol. The lowest BCUT2D eigenvalue weighted by molar-refractivity contribution is -0.138. The van der Waals surface area contributed by atoms with E-state index in [0.29, 0.717) is 0 Å². The van der Waals surface area contributed by atoms with Crippen LogP contribution < -0.4 is 5.32 Å². The Morgan fingerprint density at radius 3 is 2.45 bits per heavy atom. The van der Waals surface area contributed by atoms with Crippen LogP contribution in [0.15, 0.2) is 24.3 Å². The van der Waals surface area contributed by atoms with Gasteiger partial charge in [0, 0.05) is 6.04 Å². The van der Waals surface area contributed by atoms with E-state index in [1.807, 2.05) is 0 Å². The third-order valence-corrected chi connectivity index (χ3v) is 5.52. The highest BCUT2D eigenvalue weighted by atomic mass is 32.2. The van der Waals surface area contributed by atoms with Crippen molar-refractivity contribution in [2.45, 2.75) is 43.0 Å². The number of alkyl halides is 3. The number of benzene rings is 1. The first kappa shape index (κ1) is 16.8. The molecule has 1 aromatic carbocycles. The van der Waals surface area contributed by atoms with E-state index in [-0.39, 0.29) is 11.6 Å². The van der Waals surface area contributed by atoms with Crippen LogP contribution in [0.25, 0.3) is 0 Å². The Labute approximate surface area is 126 Å². The summed E-state index contributed by atoms with van der Waals surface area (Å²) in [6.45, 7) is 1.20. The maximum atomic E-state index is 12.9. The molecule has 1 unspecified atom stereocenters. The van der Waals surface area contributed by atoms with Crippen LogP contribution >= 0.6 is 0 Å². The second-order valence-corrected chi connectivity index (χ2v) is 7.71.